The van der Waals surface area contributed by atoms with E-state index in [2.05, 4.69) is 25.5 Å². The van der Waals surface area contributed by atoms with E-state index in [0.717, 1.165) is 40.4 Å². The van der Waals surface area contributed by atoms with E-state index in [1.807, 2.05) is 40.0 Å². The Morgan fingerprint density at radius 3 is 2.55 bits per heavy atom. The van der Waals surface area contributed by atoms with Gasteiger partial charge in [-0.15, -0.1) is 16.4 Å². The molecular weight excluding hydrogens is 582 g/mol. The van der Waals surface area contributed by atoms with E-state index >= 15 is 0 Å². The molecule has 44 heavy (non-hydrogen) atoms. The summed E-state index contributed by atoms with van der Waals surface area (Å²) < 4.78 is 6.80. The fraction of sp³-hybridized carbons (Fsp3) is 0.548. The van der Waals surface area contributed by atoms with Crippen LogP contribution in [0.3, 0.4) is 0 Å². The predicted molar refractivity (Wildman–Crippen MR) is 162 cm³/mol. The van der Waals surface area contributed by atoms with Gasteiger partial charge in [-0.1, -0.05) is 43.3 Å². The molecule has 0 spiro atoms. The number of nitrogens with zero attached hydrogens (tertiary/aromatic N) is 6. The van der Waals surface area contributed by atoms with Crippen LogP contribution in [-0.4, -0.2) is 92.1 Å². The van der Waals surface area contributed by atoms with E-state index in [-0.39, 0.29) is 18.9 Å². The molecule has 234 valence electrons. The van der Waals surface area contributed by atoms with E-state index in [1.165, 1.54) is 23.3 Å². The average Bonchev–Trinajstić information content (AvgIpc) is 3.46. The summed E-state index contributed by atoms with van der Waals surface area (Å²) in [5.41, 5.74) is 5.52. The zero-order valence-corrected chi connectivity index (χ0v) is 26.5. The van der Waals surface area contributed by atoms with Crippen LogP contribution in [0.15, 0.2) is 29.8 Å². The number of β-amino-alcohol motifs (C(OH)–C–C–N with tert-alkyl or cyclic N) is 1. The molecule has 0 unspecified atom stereocenters. The van der Waals surface area contributed by atoms with Crippen molar-refractivity contribution in [3.05, 3.63) is 52.4 Å². The van der Waals surface area contributed by atoms with E-state index in [4.69, 9.17) is 4.74 Å². The lowest BCUT2D eigenvalue weighted by Gasteiger charge is -2.37. The lowest BCUT2D eigenvalue weighted by molar-refractivity contribution is -0.147. The lowest BCUT2D eigenvalue weighted by Crippen LogP contribution is -2.52. The molecule has 2 aromatic heterocycles. The quantitative estimate of drug-likeness (QED) is 0.381. The molecule has 4 atom stereocenters. The van der Waals surface area contributed by atoms with Crippen LogP contribution in [0.4, 0.5) is 0 Å². The van der Waals surface area contributed by atoms with Gasteiger partial charge in [0.1, 0.15) is 12.1 Å². The number of carbonyl (C=O) groups is 3. The first-order valence-electron chi connectivity index (χ1n) is 15.0. The number of likely N-dealkylation sites (tertiary alicyclic amines) is 1. The summed E-state index contributed by atoms with van der Waals surface area (Å²) in [5, 5.41) is 22.5. The number of hydrogen-bond acceptors (Lipinski definition) is 10. The number of ether oxygens (including phenoxy) is 1. The van der Waals surface area contributed by atoms with Gasteiger partial charge in [-0.05, 0) is 37.9 Å². The Balaban J connectivity index is 1.27. The number of nitrogens with one attached hydrogen (secondary N) is 1. The van der Waals surface area contributed by atoms with Crippen molar-refractivity contribution >= 4 is 29.1 Å². The highest BCUT2D eigenvalue weighted by atomic mass is 32.1. The molecule has 2 amide bonds. The SMILES string of the molecule is COC(=O)[C@H](NC(=O)[C@@H]1C[C@@H](O)CN1C(=O)[C@H]1n2nnc(C3CC3)c2CN(C)CC1(C)C)c1ccc(-c2scnc2C)cc1. The number of carbonyl (C=O) groups excluding carboxylic acids is 3. The second-order valence-electron chi connectivity index (χ2n) is 13.0. The van der Waals surface area contributed by atoms with Gasteiger partial charge in [0.05, 0.1) is 40.7 Å². The Labute approximate surface area is 260 Å². The van der Waals surface area contributed by atoms with Gasteiger partial charge in [-0.2, -0.15) is 0 Å². The lowest BCUT2D eigenvalue weighted by atomic mass is 9.83. The number of benzene rings is 1. The van der Waals surface area contributed by atoms with Crippen LogP contribution in [0.2, 0.25) is 0 Å². The smallest absolute Gasteiger partial charge is 0.333 e. The van der Waals surface area contributed by atoms with Gasteiger partial charge >= 0.3 is 5.97 Å². The minimum atomic E-state index is -1.09. The molecule has 2 aliphatic heterocycles. The molecule has 3 aromatic rings. The topological polar surface area (TPSA) is 143 Å². The van der Waals surface area contributed by atoms with Gasteiger partial charge in [0.25, 0.3) is 0 Å². The van der Waals surface area contributed by atoms with Crippen LogP contribution < -0.4 is 5.32 Å². The Morgan fingerprint density at radius 2 is 1.91 bits per heavy atom. The molecular formula is C31H39N7O5S. The van der Waals surface area contributed by atoms with Crippen molar-refractivity contribution in [3.8, 4) is 10.4 Å². The molecule has 1 aromatic carbocycles. The fourth-order valence-corrected chi connectivity index (χ4v) is 7.54. The number of aromatic nitrogens is 4. The van der Waals surface area contributed by atoms with Crippen molar-refractivity contribution in [2.24, 2.45) is 5.41 Å². The third-order valence-electron chi connectivity index (χ3n) is 8.94. The standard InChI is InChI=1S/C31H39N7O5S/c1-17-26(44-16-32-17)20-10-8-19(9-11-20)25(30(42)43-5)33-28(40)22-12-21(39)13-37(22)29(41)27-31(2,3)15-36(4)14-23-24(18-6-7-18)34-35-38(23)27/h8-11,16,18,21-22,25,27,39H,6-7,12-15H2,1-5H3,(H,33,40)/t21-,22+,25-,27-/m1/s1. The maximum Gasteiger partial charge on any atom is 0.333 e. The van der Waals surface area contributed by atoms with Crippen molar-refractivity contribution in [2.45, 2.75) is 76.7 Å². The van der Waals surface area contributed by atoms with Crippen LogP contribution in [0.1, 0.15) is 73.8 Å². The maximum absolute atomic E-state index is 14.4. The largest absolute Gasteiger partial charge is 0.467 e. The minimum absolute atomic E-state index is 0.00460. The van der Waals surface area contributed by atoms with Gasteiger partial charge in [0.15, 0.2) is 6.04 Å². The van der Waals surface area contributed by atoms with Gasteiger partial charge < -0.3 is 20.1 Å². The van der Waals surface area contributed by atoms with Crippen molar-refractivity contribution in [2.75, 3.05) is 27.2 Å². The minimum Gasteiger partial charge on any atom is -0.467 e. The average molecular weight is 622 g/mol. The summed E-state index contributed by atoms with van der Waals surface area (Å²) in [4.78, 5) is 50.2. The van der Waals surface area contributed by atoms with Gasteiger partial charge in [0, 0.05) is 37.4 Å². The van der Waals surface area contributed by atoms with Crippen LogP contribution in [0.5, 0.6) is 0 Å². The normalized spacial score (nSPS) is 24.0. The Morgan fingerprint density at radius 1 is 1.18 bits per heavy atom. The highest BCUT2D eigenvalue weighted by molar-refractivity contribution is 7.13. The molecule has 2 fully saturated rings. The predicted octanol–water partition coefficient (Wildman–Crippen LogP) is 2.59. The summed E-state index contributed by atoms with van der Waals surface area (Å²) in [7, 11) is 3.29. The third-order valence-corrected chi connectivity index (χ3v) is 9.92. The van der Waals surface area contributed by atoms with Crippen LogP contribution in [0, 0.1) is 12.3 Å². The highest BCUT2D eigenvalue weighted by Crippen LogP contribution is 2.44. The second-order valence-corrected chi connectivity index (χ2v) is 13.8. The Bertz CT molecular complexity index is 1560. The maximum atomic E-state index is 14.4. The number of aliphatic hydroxyl groups is 1. The number of aryl methyl sites for hydroxylation is 1. The summed E-state index contributed by atoms with van der Waals surface area (Å²) in [6.07, 6.45) is 1.29. The van der Waals surface area contributed by atoms with Crippen molar-refractivity contribution in [3.63, 3.8) is 0 Å². The van der Waals surface area contributed by atoms with Crippen LogP contribution in [0.25, 0.3) is 10.4 Å². The van der Waals surface area contributed by atoms with E-state index in [0.29, 0.717) is 24.6 Å². The Kier molecular flexibility index (Phi) is 8.05. The second kappa shape index (κ2) is 11.7. The molecule has 0 radical (unpaired) electrons. The monoisotopic (exact) mass is 621 g/mol. The zero-order chi connectivity index (χ0) is 31.3. The molecule has 1 saturated heterocycles. The molecule has 1 saturated carbocycles. The number of methoxy groups -OCH3 is 1. The summed E-state index contributed by atoms with van der Waals surface area (Å²) >= 11 is 1.53. The van der Waals surface area contributed by atoms with Gasteiger partial charge in [0.2, 0.25) is 11.8 Å². The molecule has 13 heteroatoms. The Hall–Kier alpha value is -3.68. The summed E-state index contributed by atoms with van der Waals surface area (Å²) in [6, 6.07) is 4.52. The first kappa shape index (κ1) is 30.4. The van der Waals surface area contributed by atoms with Gasteiger partial charge in [-0.3, -0.25) is 14.5 Å². The number of amides is 2. The van der Waals surface area contributed by atoms with Crippen molar-refractivity contribution < 1.29 is 24.2 Å². The molecule has 6 rings (SSSR count). The molecule has 3 aliphatic rings. The summed E-state index contributed by atoms with van der Waals surface area (Å²) in [5.74, 6) is -1.10. The molecule has 12 nitrogen and oxygen atoms in total. The molecule has 0 bridgehead atoms. The molecule has 4 heterocycles. The number of hydrogen-bond donors (Lipinski definition) is 2. The van der Waals surface area contributed by atoms with E-state index in [1.54, 1.807) is 22.3 Å². The van der Waals surface area contributed by atoms with Crippen LogP contribution in [-0.2, 0) is 25.7 Å². The third kappa shape index (κ3) is 5.64. The van der Waals surface area contributed by atoms with Crippen molar-refractivity contribution in [1.82, 2.24) is 35.1 Å². The number of thiazole rings is 1. The number of aliphatic hydroxyl groups excluding tert-OH is 1. The molecule has 1 aliphatic carbocycles. The number of fused-ring (bicyclic) bond motifs is 1. The first-order chi connectivity index (χ1) is 21.0. The molecule has 2 N–H and O–H groups in total. The van der Waals surface area contributed by atoms with Crippen molar-refractivity contribution in [1.29, 1.82) is 0 Å². The summed E-state index contributed by atoms with van der Waals surface area (Å²) in [6.45, 7) is 7.24. The van der Waals surface area contributed by atoms with E-state index in [9.17, 15) is 19.5 Å². The zero-order valence-electron chi connectivity index (χ0n) is 25.7. The van der Waals surface area contributed by atoms with Gasteiger partial charge in [-0.25, -0.2) is 14.5 Å². The number of esters is 1. The fourth-order valence-electron chi connectivity index (χ4n) is 6.73. The number of rotatable bonds is 7. The van der Waals surface area contributed by atoms with E-state index < -0.39 is 41.5 Å². The highest BCUT2D eigenvalue weighted by Gasteiger charge is 2.49. The van der Waals surface area contributed by atoms with Crippen LogP contribution >= 0.6 is 11.3 Å². The first-order valence-corrected chi connectivity index (χ1v) is 15.9.